The molecule has 0 saturated heterocycles. The minimum atomic E-state index is -1.04. The van der Waals surface area contributed by atoms with Crippen LogP contribution >= 0.6 is 11.3 Å². The highest BCUT2D eigenvalue weighted by molar-refractivity contribution is 7.09. The minimum Gasteiger partial charge on any atom is -0.480 e. The molecule has 16 heavy (non-hydrogen) atoms. The highest BCUT2D eigenvalue weighted by Crippen LogP contribution is 2.11. The number of thiophene rings is 1. The minimum absolute atomic E-state index is 0.322. The summed E-state index contributed by atoms with van der Waals surface area (Å²) in [5, 5.41) is 10.4. The topological polar surface area (TPSA) is 83.6 Å². The van der Waals surface area contributed by atoms with Crippen molar-refractivity contribution in [3.8, 4) is 0 Å². The van der Waals surface area contributed by atoms with Crippen molar-refractivity contribution >= 4 is 23.2 Å². The Labute approximate surface area is 97.5 Å². The number of aliphatic carboxylic acids is 1. The van der Waals surface area contributed by atoms with Gasteiger partial charge < -0.3 is 15.7 Å². The molecule has 1 atom stereocenters. The first kappa shape index (κ1) is 12.7. The lowest BCUT2D eigenvalue weighted by Gasteiger charge is -2.18. The normalized spacial score (nSPS) is 12.1. The largest absolute Gasteiger partial charge is 0.480 e. The van der Waals surface area contributed by atoms with E-state index in [9.17, 15) is 9.59 Å². The number of carbonyl (C=O) groups is 2. The standard InChI is InChI=1S/C10H14N2O3S/c1-12(6-9(13)14)10(15)8(11)5-7-3-2-4-16-7/h2-4,8H,5-6,11H2,1H3,(H,13,14)/t8-/m0/s1. The zero-order valence-electron chi connectivity index (χ0n) is 8.92. The molecule has 6 heteroatoms. The van der Waals surface area contributed by atoms with Crippen LogP contribution < -0.4 is 5.73 Å². The number of carboxylic acid groups (broad SMARTS) is 1. The van der Waals surface area contributed by atoms with E-state index in [-0.39, 0.29) is 12.5 Å². The summed E-state index contributed by atoms with van der Waals surface area (Å²) < 4.78 is 0. The molecule has 0 saturated carbocycles. The third-order valence-electron chi connectivity index (χ3n) is 2.07. The molecule has 0 aliphatic rings. The Morgan fingerprint density at radius 3 is 2.81 bits per heavy atom. The third kappa shape index (κ3) is 3.63. The molecule has 0 aliphatic heterocycles. The second-order valence-electron chi connectivity index (χ2n) is 3.48. The van der Waals surface area contributed by atoms with E-state index < -0.39 is 12.0 Å². The van der Waals surface area contributed by atoms with Gasteiger partial charge in [-0.2, -0.15) is 0 Å². The fraction of sp³-hybridized carbons (Fsp3) is 0.400. The van der Waals surface area contributed by atoms with Gasteiger partial charge in [0.25, 0.3) is 0 Å². The maximum atomic E-state index is 11.6. The van der Waals surface area contributed by atoms with Crippen molar-refractivity contribution in [2.75, 3.05) is 13.6 Å². The molecule has 0 fully saturated rings. The monoisotopic (exact) mass is 242 g/mol. The lowest BCUT2D eigenvalue weighted by molar-refractivity contribution is -0.143. The number of hydrogen-bond acceptors (Lipinski definition) is 4. The van der Waals surface area contributed by atoms with E-state index in [2.05, 4.69) is 0 Å². The molecule has 1 amide bonds. The number of carboxylic acids is 1. The third-order valence-corrected chi connectivity index (χ3v) is 2.97. The van der Waals surface area contributed by atoms with Gasteiger partial charge in [-0.15, -0.1) is 11.3 Å². The Morgan fingerprint density at radius 2 is 2.31 bits per heavy atom. The maximum absolute atomic E-state index is 11.6. The van der Waals surface area contributed by atoms with Gasteiger partial charge >= 0.3 is 5.97 Å². The SMILES string of the molecule is CN(CC(=O)O)C(=O)[C@@H](N)Cc1cccs1. The van der Waals surface area contributed by atoms with E-state index in [1.807, 2.05) is 17.5 Å². The van der Waals surface area contributed by atoms with Crippen LogP contribution in [0.15, 0.2) is 17.5 Å². The number of carbonyl (C=O) groups excluding carboxylic acids is 1. The molecule has 1 aromatic heterocycles. The summed E-state index contributed by atoms with van der Waals surface area (Å²) in [6.07, 6.45) is 0.445. The molecule has 0 unspecified atom stereocenters. The second kappa shape index (κ2) is 5.62. The molecule has 88 valence electrons. The number of nitrogens with two attached hydrogens (primary N) is 1. The van der Waals surface area contributed by atoms with Crippen molar-refractivity contribution in [1.82, 2.24) is 4.90 Å². The summed E-state index contributed by atoms with van der Waals surface area (Å²) in [6.45, 7) is -0.322. The quantitative estimate of drug-likeness (QED) is 0.770. The number of rotatable bonds is 5. The van der Waals surface area contributed by atoms with Gasteiger partial charge in [-0.3, -0.25) is 9.59 Å². The van der Waals surface area contributed by atoms with Crippen molar-refractivity contribution in [2.24, 2.45) is 5.73 Å². The van der Waals surface area contributed by atoms with Crippen LogP contribution in [0.3, 0.4) is 0 Å². The van der Waals surface area contributed by atoms with Crippen molar-refractivity contribution in [2.45, 2.75) is 12.5 Å². The van der Waals surface area contributed by atoms with Gasteiger partial charge in [-0.1, -0.05) is 6.07 Å². The van der Waals surface area contributed by atoms with Gasteiger partial charge in [0.05, 0.1) is 6.04 Å². The van der Waals surface area contributed by atoms with Crippen LogP contribution in [-0.4, -0.2) is 41.5 Å². The summed E-state index contributed by atoms with van der Waals surface area (Å²) in [5.74, 6) is -1.39. The summed E-state index contributed by atoms with van der Waals surface area (Å²) >= 11 is 1.53. The van der Waals surface area contributed by atoms with Gasteiger partial charge in [0, 0.05) is 18.3 Å². The molecule has 1 rings (SSSR count). The summed E-state index contributed by atoms with van der Waals surface area (Å²) in [7, 11) is 1.44. The first-order valence-corrected chi connectivity index (χ1v) is 5.63. The molecule has 1 heterocycles. The zero-order valence-corrected chi connectivity index (χ0v) is 9.74. The molecule has 1 aromatic rings. The molecule has 0 bridgehead atoms. The molecule has 0 aliphatic carbocycles. The highest BCUT2D eigenvalue weighted by atomic mass is 32.1. The molecular weight excluding hydrogens is 228 g/mol. The van der Waals surface area contributed by atoms with Crippen LogP contribution in [0.4, 0.5) is 0 Å². The first-order valence-electron chi connectivity index (χ1n) is 4.75. The Bertz CT molecular complexity index is 364. The Morgan fingerprint density at radius 1 is 1.62 bits per heavy atom. The average molecular weight is 242 g/mol. The second-order valence-corrected chi connectivity index (χ2v) is 4.51. The smallest absolute Gasteiger partial charge is 0.323 e. The van der Waals surface area contributed by atoms with Crippen molar-refractivity contribution in [3.05, 3.63) is 22.4 Å². The summed E-state index contributed by atoms with van der Waals surface area (Å²) in [6, 6.07) is 3.11. The van der Waals surface area contributed by atoms with Crippen LogP contribution in [0.2, 0.25) is 0 Å². The number of hydrogen-bond donors (Lipinski definition) is 2. The Hall–Kier alpha value is -1.40. The van der Waals surface area contributed by atoms with Crippen molar-refractivity contribution in [1.29, 1.82) is 0 Å². The predicted molar refractivity (Wildman–Crippen MR) is 61.3 cm³/mol. The number of likely N-dealkylation sites (N-methyl/N-ethyl adjacent to an activating group) is 1. The Balaban J connectivity index is 2.50. The van der Waals surface area contributed by atoms with Gasteiger partial charge in [-0.25, -0.2) is 0 Å². The zero-order chi connectivity index (χ0) is 12.1. The summed E-state index contributed by atoms with van der Waals surface area (Å²) in [5.41, 5.74) is 5.71. The lowest BCUT2D eigenvalue weighted by atomic mass is 10.1. The predicted octanol–water partition coefficient (Wildman–Crippen LogP) is 0.161. The molecule has 0 radical (unpaired) electrons. The van der Waals surface area contributed by atoms with Crippen LogP contribution in [0.25, 0.3) is 0 Å². The number of amides is 1. The Kier molecular flexibility index (Phi) is 4.45. The molecule has 0 spiro atoms. The van der Waals surface area contributed by atoms with Crippen LogP contribution in [-0.2, 0) is 16.0 Å². The van der Waals surface area contributed by atoms with Crippen LogP contribution in [0, 0.1) is 0 Å². The molecule has 3 N–H and O–H groups in total. The van der Waals surface area contributed by atoms with E-state index >= 15 is 0 Å². The van der Waals surface area contributed by atoms with Crippen molar-refractivity contribution < 1.29 is 14.7 Å². The van der Waals surface area contributed by atoms with E-state index in [1.165, 1.54) is 18.4 Å². The van der Waals surface area contributed by atoms with Gasteiger partial charge in [0.1, 0.15) is 6.54 Å². The van der Waals surface area contributed by atoms with Gasteiger partial charge in [0.2, 0.25) is 5.91 Å². The van der Waals surface area contributed by atoms with Gasteiger partial charge in [0.15, 0.2) is 0 Å². The fourth-order valence-electron chi connectivity index (χ4n) is 1.30. The van der Waals surface area contributed by atoms with E-state index in [4.69, 9.17) is 10.8 Å². The molecule has 5 nitrogen and oxygen atoms in total. The average Bonchev–Trinajstić information content (AvgIpc) is 2.68. The summed E-state index contributed by atoms with van der Waals surface area (Å²) in [4.78, 5) is 24.2. The lowest BCUT2D eigenvalue weighted by Crippen LogP contribution is -2.44. The number of nitrogens with zero attached hydrogens (tertiary/aromatic N) is 1. The van der Waals surface area contributed by atoms with Crippen LogP contribution in [0.5, 0.6) is 0 Å². The molecule has 0 aromatic carbocycles. The van der Waals surface area contributed by atoms with E-state index in [0.717, 1.165) is 9.78 Å². The maximum Gasteiger partial charge on any atom is 0.323 e. The van der Waals surface area contributed by atoms with E-state index in [1.54, 1.807) is 0 Å². The van der Waals surface area contributed by atoms with Crippen LogP contribution in [0.1, 0.15) is 4.88 Å². The first-order chi connectivity index (χ1) is 7.50. The van der Waals surface area contributed by atoms with Gasteiger partial charge in [-0.05, 0) is 11.4 Å². The highest BCUT2D eigenvalue weighted by Gasteiger charge is 2.20. The van der Waals surface area contributed by atoms with Crippen molar-refractivity contribution in [3.63, 3.8) is 0 Å². The van der Waals surface area contributed by atoms with E-state index in [0.29, 0.717) is 6.42 Å². The fourth-order valence-corrected chi connectivity index (χ4v) is 2.06. The molecular formula is C10H14N2O3S.